The monoisotopic (exact) mass is 462 g/mol. The Bertz CT molecular complexity index is 1030. The van der Waals surface area contributed by atoms with Gasteiger partial charge in [-0.2, -0.15) is 16.8 Å². The van der Waals surface area contributed by atoms with Gasteiger partial charge in [0.15, 0.2) is 0 Å². The van der Waals surface area contributed by atoms with Gasteiger partial charge in [0, 0.05) is 20.9 Å². The second kappa shape index (κ2) is 8.71. The van der Waals surface area contributed by atoms with Crippen molar-refractivity contribution in [3.8, 4) is 0 Å². The summed E-state index contributed by atoms with van der Waals surface area (Å²) in [7, 11) is -9.87. The van der Waals surface area contributed by atoms with Gasteiger partial charge in [-0.3, -0.25) is 18.7 Å². The molecule has 0 bridgehead atoms. The molecule has 0 aliphatic heterocycles. The maximum Gasteiger partial charge on any atom is 0.299 e. The maximum atomic E-state index is 11.8. The summed E-state index contributed by atoms with van der Waals surface area (Å²) in [5.74, 6) is -2.38. The number of hydrogen-bond donors (Lipinski definition) is 4. The number of carbonyl (C=O) groups is 2. The van der Waals surface area contributed by atoms with E-state index in [1.54, 1.807) is 0 Å². The zero-order valence-corrected chi connectivity index (χ0v) is 16.7. The Morgan fingerprint density at radius 1 is 0.655 bits per heavy atom. The lowest BCUT2D eigenvalue weighted by Crippen LogP contribution is -2.29. The molecule has 2 rings (SSSR count). The lowest BCUT2D eigenvalue weighted by atomic mass is 10.1. The molecule has 0 amide bonds. The molecule has 2 atom stereocenters. The van der Waals surface area contributed by atoms with E-state index in [-0.39, 0.29) is 11.1 Å². The van der Waals surface area contributed by atoms with Crippen LogP contribution in [0, 0.1) is 0 Å². The highest BCUT2D eigenvalue weighted by molar-refractivity contribution is 7.99. The van der Waals surface area contributed by atoms with Gasteiger partial charge in [0.25, 0.3) is 20.2 Å². The molecule has 13 heteroatoms. The Labute approximate surface area is 169 Å². The van der Waals surface area contributed by atoms with Crippen molar-refractivity contribution >= 4 is 43.6 Å². The minimum Gasteiger partial charge on any atom is -0.369 e. The SMILES string of the molecule is O=C(c1ccc(Sc2ccc(C(=O)C(O)S(=O)(=O)O)cc2)cc1)C(O)S(=O)(=O)O. The van der Waals surface area contributed by atoms with Gasteiger partial charge >= 0.3 is 0 Å². The fraction of sp³-hybridized carbons (Fsp3) is 0.125. The molecule has 2 unspecified atom stereocenters. The predicted molar refractivity (Wildman–Crippen MR) is 101 cm³/mol. The van der Waals surface area contributed by atoms with E-state index in [9.17, 15) is 36.6 Å². The van der Waals surface area contributed by atoms with Crippen molar-refractivity contribution in [3.63, 3.8) is 0 Å². The Hall–Kier alpha value is -2.13. The zero-order valence-electron chi connectivity index (χ0n) is 14.2. The Kier molecular flexibility index (Phi) is 6.95. The Morgan fingerprint density at radius 2 is 0.931 bits per heavy atom. The largest absolute Gasteiger partial charge is 0.369 e. The quantitative estimate of drug-likeness (QED) is 0.318. The molecule has 0 saturated heterocycles. The zero-order chi connectivity index (χ0) is 22.0. The van der Waals surface area contributed by atoms with E-state index in [0.717, 1.165) is 0 Å². The molecule has 0 fully saturated rings. The summed E-state index contributed by atoms with van der Waals surface area (Å²) in [6.07, 6.45) is 0. The van der Waals surface area contributed by atoms with Crippen LogP contribution in [0.25, 0.3) is 0 Å². The average molecular weight is 462 g/mol. The predicted octanol–water partition coefficient (Wildman–Crippen LogP) is 0.616. The first-order valence-corrected chi connectivity index (χ1v) is 11.4. The summed E-state index contributed by atoms with van der Waals surface area (Å²) in [4.78, 5) is 24.8. The van der Waals surface area contributed by atoms with Crippen molar-refractivity contribution in [1.29, 1.82) is 0 Å². The number of ketones is 2. The van der Waals surface area contributed by atoms with Gasteiger partial charge in [-0.1, -0.05) is 36.0 Å². The fourth-order valence-corrected chi connectivity index (χ4v) is 3.70. The van der Waals surface area contributed by atoms with Crippen LogP contribution in [0.5, 0.6) is 0 Å². The van der Waals surface area contributed by atoms with Gasteiger partial charge in [0.1, 0.15) is 0 Å². The number of carbonyl (C=O) groups excluding carboxylic acids is 2. The van der Waals surface area contributed by atoms with E-state index in [2.05, 4.69) is 0 Å². The molecule has 156 valence electrons. The molecule has 2 aromatic rings. The number of Topliss-reactive ketones (excluding diaryl/α,β-unsaturated/α-hetero) is 2. The van der Waals surface area contributed by atoms with Gasteiger partial charge in [-0.05, 0) is 24.3 Å². The van der Waals surface area contributed by atoms with Crippen molar-refractivity contribution in [2.45, 2.75) is 20.7 Å². The first-order valence-electron chi connectivity index (χ1n) is 7.56. The minimum atomic E-state index is -4.93. The Morgan fingerprint density at radius 3 is 1.17 bits per heavy atom. The number of aliphatic hydroxyl groups excluding tert-OH is 2. The molecule has 0 spiro atoms. The normalized spacial score (nSPS) is 14.2. The van der Waals surface area contributed by atoms with Crippen LogP contribution in [-0.2, 0) is 20.2 Å². The lowest BCUT2D eigenvalue weighted by molar-refractivity contribution is 0.0842. The van der Waals surface area contributed by atoms with Crippen LogP contribution >= 0.6 is 11.8 Å². The summed E-state index contributed by atoms with van der Waals surface area (Å²) >= 11 is 1.17. The molecular weight excluding hydrogens is 448 g/mol. The van der Waals surface area contributed by atoms with Crippen molar-refractivity contribution in [1.82, 2.24) is 0 Å². The van der Waals surface area contributed by atoms with Gasteiger partial charge in [0.2, 0.25) is 22.4 Å². The molecule has 0 aliphatic rings. The molecule has 29 heavy (non-hydrogen) atoms. The summed E-state index contributed by atoms with van der Waals surface area (Å²) < 4.78 is 60.7. The summed E-state index contributed by atoms with van der Waals surface area (Å²) in [5.41, 5.74) is -5.44. The highest BCUT2D eigenvalue weighted by atomic mass is 32.2. The van der Waals surface area contributed by atoms with Crippen molar-refractivity contribution in [3.05, 3.63) is 59.7 Å². The first kappa shape index (κ1) is 23.2. The Balaban J connectivity index is 2.11. The topological polar surface area (TPSA) is 183 Å². The second-order valence-corrected chi connectivity index (χ2v) is 9.71. The molecule has 0 saturated carbocycles. The maximum absolute atomic E-state index is 11.8. The molecule has 0 aliphatic carbocycles. The van der Waals surface area contributed by atoms with Crippen LogP contribution in [-0.4, -0.2) is 58.6 Å². The lowest BCUT2D eigenvalue weighted by Gasteiger charge is -2.08. The van der Waals surface area contributed by atoms with Crippen LogP contribution in [0.3, 0.4) is 0 Å². The number of hydrogen-bond acceptors (Lipinski definition) is 9. The van der Waals surface area contributed by atoms with E-state index in [4.69, 9.17) is 9.11 Å². The van der Waals surface area contributed by atoms with Crippen molar-refractivity contribution < 1.29 is 45.7 Å². The fourth-order valence-electron chi connectivity index (χ4n) is 2.07. The van der Waals surface area contributed by atoms with Gasteiger partial charge in [-0.25, -0.2) is 0 Å². The molecule has 0 heterocycles. The number of aliphatic hydroxyl groups is 2. The molecule has 10 nitrogen and oxygen atoms in total. The van der Waals surface area contributed by atoms with Crippen LogP contribution in [0.15, 0.2) is 58.3 Å². The second-order valence-electron chi connectivity index (χ2n) is 5.61. The molecular formula is C16H14O10S3. The summed E-state index contributed by atoms with van der Waals surface area (Å²) in [6, 6.07) is 10.8. The third-order valence-corrected chi connectivity index (χ3v) is 6.10. The van der Waals surface area contributed by atoms with Crippen molar-refractivity contribution in [2.75, 3.05) is 0 Å². The standard InChI is InChI=1S/C16H14O10S3/c17-13(15(19)28(21,22)23)9-1-5-11(6-2-9)27-12-7-3-10(4-8-12)14(18)16(20)29(24,25)26/h1-8,15-16,19-20H,(H,21,22,23)(H,24,25,26). The summed E-state index contributed by atoms with van der Waals surface area (Å²) in [6.45, 7) is 0. The van der Waals surface area contributed by atoms with E-state index in [1.165, 1.54) is 60.3 Å². The molecule has 2 aromatic carbocycles. The number of rotatable bonds is 8. The van der Waals surface area contributed by atoms with E-state index >= 15 is 0 Å². The van der Waals surface area contributed by atoms with E-state index in [0.29, 0.717) is 9.79 Å². The smallest absolute Gasteiger partial charge is 0.299 e. The van der Waals surface area contributed by atoms with Gasteiger partial charge in [0.05, 0.1) is 0 Å². The summed E-state index contributed by atoms with van der Waals surface area (Å²) in [5, 5.41) is 18.6. The van der Waals surface area contributed by atoms with E-state index in [1.807, 2.05) is 0 Å². The molecule has 0 aromatic heterocycles. The minimum absolute atomic E-state index is 0.139. The molecule has 4 N–H and O–H groups in total. The highest BCUT2D eigenvalue weighted by Crippen LogP contribution is 2.28. The van der Waals surface area contributed by atoms with E-state index < -0.39 is 42.7 Å². The highest BCUT2D eigenvalue weighted by Gasteiger charge is 2.30. The van der Waals surface area contributed by atoms with Gasteiger partial charge < -0.3 is 10.2 Å². The van der Waals surface area contributed by atoms with Crippen LogP contribution in [0.1, 0.15) is 20.7 Å². The van der Waals surface area contributed by atoms with Crippen LogP contribution in [0.2, 0.25) is 0 Å². The van der Waals surface area contributed by atoms with Crippen LogP contribution in [0.4, 0.5) is 0 Å². The van der Waals surface area contributed by atoms with Crippen molar-refractivity contribution in [2.24, 2.45) is 0 Å². The molecule has 0 radical (unpaired) electrons. The van der Waals surface area contributed by atoms with Crippen LogP contribution < -0.4 is 0 Å². The van der Waals surface area contributed by atoms with Gasteiger partial charge in [-0.15, -0.1) is 0 Å². The third kappa shape index (κ3) is 5.93. The number of benzene rings is 2. The average Bonchev–Trinajstić information content (AvgIpc) is 2.65. The third-order valence-electron chi connectivity index (χ3n) is 3.53. The first-order chi connectivity index (χ1) is 13.3.